The van der Waals surface area contributed by atoms with Gasteiger partial charge in [-0.25, -0.2) is 4.79 Å². The smallest absolute Gasteiger partial charge is 0.374 e. The van der Waals surface area contributed by atoms with Crippen LogP contribution >= 0.6 is 11.3 Å². The summed E-state index contributed by atoms with van der Waals surface area (Å²) in [6, 6.07) is 13.9. The first-order chi connectivity index (χ1) is 11.3. The lowest BCUT2D eigenvalue weighted by Crippen LogP contribution is -2.20. The summed E-state index contributed by atoms with van der Waals surface area (Å²) in [7, 11) is 0. The topological polar surface area (TPSA) is 43.5 Å². The van der Waals surface area contributed by atoms with Crippen LogP contribution in [0.2, 0.25) is 0 Å². The molecule has 0 amide bonds. The lowest BCUT2D eigenvalue weighted by atomic mass is 10.2. The Morgan fingerprint density at radius 3 is 2.87 bits per heavy atom. The molecule has 4 aromatic rings. The molecule has 0 atom stereocenters. The van der Waals surface area contributed by atoms with E-state index in [1.165, 1.54) is 0 Å². The fourth-order valence-electron chi connectivity index (χ4n) is 2.59. The second-order valence-corrected chi connectivity index (χ2v) is 6.01. The number of carbonyl (C=O) groups is 1. The molecule has 0 aliphatic rings. The van der Waals surface area contributed by atoms with Gasteiger partial charge in [-0.1, -0.05) is 29.5 Å². The van der Waals surface area contributed by atoms with Crippen LogP contribution in [0.1, 0.15) is 17.5 Å². The third kappa shape index (κ3) is 2.39. The number of hydrogen-bond donors (Lipinski definition) is 0. The number of hydrogen-bond acceptors (Lipinski definition) is 4. The number of fused-ring (bicyclic) bond motifs is 2. The fourth-order valence-corrected chi connectivity index (χ4v) is 3.53. The van der Waals surface area contributed by atoms with Crippen molar-refractivity contribution in [1.82, 2.24) is 0 Å². The number of pyridine rings is 1. The van der Waals surface area contributed by atoms with Crippen molar-refractivity contribution in [1.29, 1.82) is 0 Å². The molecule has 0 aliphatic carbocycles. The van der Waals surface area contributed by atoms with E-state index in [4.69, 9.17) is 9.15 Å². The molecule has 4 nitrogen and oxygen atoms in total. The predicted octanol–water partition coefficient (Wildman–Crippen LogP) is 4.08. The molecule has 114 valence electrons. The number of rotatable bonds is 3. The first kappa shape index (κ1) is 14.0. The van der Waals surface area contributed by atoms with Crippen molar-refractivity contribution in [2.45, 2.75) is 6.92 Å². The van der Waals surface area contributed by atoms with E-state index in [9.17, 15) is 4.79 Å². The van der Waals surface area contributed by atoms with Gasteiger partial charge in [0.05, 0.1) is 12.0 Å². The van der Waals surface area contributed by atoms with Gasteiger partial charge >= 0.3 is 5.97 Å². The summed E-state index contributed by atoms with van der Waals surface area (Å²) in [5.74, 6) is -0.193. The van der Waals surface area contributed by atoms with Gasteiger partial charge in [0.25, 0.3) is 4.83 Å². The molecular weight excluding hydrogens is 310 g/mol. The SMILES string of the molecule is CCOC(=O)c1cc2cc3scc(-c4ccccc4)[n+]3cc2o1. The number of esters is 1. The van der Waals surface area contributed by atoms with Crippen molar-refractivity contribution in [2.24, 2.45) is 0 Å². The van der Waals surface area contributed by atoms with Crippen LogP contribution in [0.15, 0.2) is 58.5 Å². The summed E-state index contributed by atoms with van der Waals surface area (Å²) in [5.41, 5.74) is 2.91. The molecule has 0 saturated carbocycles. The molecule has 0 aliphatic heterocycles. The second-order valence-electron chi connectivity index (χ2n) is 5.12. The minimum Gasteiger partial charge on any atom is -0.460 e. The van der Waals surface area contributed by atoms with Gasteiger partial charge in [-0.3, -0.25) is 0 Å². The van der Waals surface area contributed by atoms with Crippen molar-refractivity contribution >= 4 is 33.1 Å². The van der Waals surface area contributed by atoms with E-state index in [1.807, 2.05) is 30.5 Å². The highest BCUT2D eigenvalue weighted by atomic mass is 32.1. The maximum atomic E-state index is 11.8. The zero-order chi connectivity index (χ0) is 15.8. The van der Waals surface area contributed by atoms with Gasteiger partial charge in [-0.15, -0.1) is 4.40 Å². The Hall–Kier alpha value is -2.66. The number of benzene rings is 1. The minimum absolute atomic E-state index is 0.237. The second kappa shape index (κ2) is 5.52. The zero-order valence-electron chi connectivity index (χ0n) is 12.5. The minimum atomic E-state index is -0.430. The van der Waals surface area contributed by atoms with Gasteiger partial charge in [0.2, 0.25) is 17.7 Å². The van der Waals surface area contributed by atoms with Gasteiger partial charge in [-0.2, -0.15) is 0 Å². The van der Waals surface area contributed by atoms with E-state index < -0.39 is 5.97 Å². The van der Waals surface area contributed by atoms with Crippen molar-refractivity contribution in [3.8, 4) is 11.3 Å². The van der Waals surface area contributed by atoms with Crippen LogP contribution < -0.4 is 4.40 Å². The molecule has 5 heteroatoms. The van der Waals surface area contributed by atoms with Gasteiger partial charge in [0.1, 0.15) is 0 Å². The average molecular weight is 324 g/mol. The zero-order valence-corrected chi connectivity index (χ0v) is 13.3. The van der Waals surface area contributed by atoms with Crippen LogP contribution in [-0.2, 0) is 4.74 Å². The normalized spacial score (nSPS) is 11.2. The quantitative estimate of drug-likeness (QED) is 0.421. The molecule has 23 heavy (non-hydrogen) atoms. The average Bonchev–Trinajstić information content (AvgIpc) is 3.17. The van der Waals surface area contributed by atoms with Crippen LogP contribution in [0.3, 0.4) is 0 Å². The highest BCUT2D eigenvalue weighted by Crippen LogP contribution is 2.25. The van der Waals surface area contributed by atoms with Crippen LogP contribution in [0.5, 0.6) is 0 Å². The number of nitrogens with zero attached hydrogens (tertiary/aromatic N) is 1. The Bertz CT molecular complexity index is 1000. The number of furan rings is 1. The molecule has 0 radical (unpaired) electrons. The van der Waals surface area contributed by atoms with Crippen LogP contribution in [-0.4, -0.2) is 12.6 Å². The summed E-state index contributed by atoms with van der Waals surface area (Å²) in [4.78, 5) is 12.9. The van der Waals surface area contributed by atoms with E-state index in [1.54, 1.807) is 24.3 Å². The number of aromatic nitrogens is 1. The van der Waals surface area contributed by atoms with Gasteiger partial charge < -0.3 is 9.15 Å². The summed E-state index contributed by atoms with van der Waals surface area (Å²) < 4.78 is 12.7. The van der Waals surface area contributed by atoms with Gasteiger partial charge in [-0.05, 0) is 25.1 Å². The molecule has 4 rings (SSSR count). The molecule has 0 N–H and O–H groups in total. The van der Waals surface area contributed by atoms with Crippen molar-refractivity contribution in [3.05, 3.63) is 59.8 Å². The predicted molar refractivity (Wildman–Crippen MR) is 88.6 cm³/mol. The van der Waals surface area contributed by atoms with Crippen molar-refractivity contribution in [3.63, 3.8) is 0 Å². The lowest BCUT2D eigenvalue weighted by Gasteiger charge is -1.95. The molecule has 0 bridgehead atoms. The molecule has 3 aromatic heterocycles. The number of carbonyl (C=O) groups excluding carboxylic acids is 1. The maximum Gasteiger partial charge on any atom is 0.374 e. The van der Waals surface area contributed by atoms with E-state index in [2.05, 4.69) is 21.9 Å². The Labute approximate surface area is 136 Å². The molecule has 1 aromatic carbocycles. The largest absolute Gasteiger partial charge is 0.460 e. The summed E-state index contributed by atoms with van der Waals surface area (Å²) in [5, 5.41) is 3.02. The van der Waals surface area contributed by atoms with Crippen LogP contribution in [0.4, 0.5) is 0 Å². The Morgan fingerprint density at radius 1 is 1.26 bits per heavy atom. The first-order valence-electron chi connectivity index (χ1n) is 7.35. The van der Waals surface area contributed by atoms with Crippen LogP contribution in [0, 0.1) is 0 Å². The first-order valence-corrected chi connectivity index (χ1v) is 8.23. The van der Waals surface area contributed by atoms with E-state index in [0.717, 1.165) is 21.5 Å². The van der Waals surface area contributed by atoms with Crippen LogP contribution in [0.25, 0.3) is 27.1 Å². The molecule has 0 spiro atoms. The standard InChI is InChI=1S/C18H14NO3S/c1-2-21-18(20)15-8-13-9-17-19(10-16(13)22-15)14(11-23-17)12-6-4-3-5-7-12/h3-11H,2H2,1H3/q+1. The Kier molecular flexibility index (Phi) is 3.35. The molecular formula is C18H14NO3S+. The van der Waals surface area contributed by atoms with Gasteiger partial charge in [0.15, 0.2) is 5.58 Å². The van der Waals surface area contributed by atoms with Crippen molar-refractivity contribution in [2.75, 3.05) is 6.61 Å². The molecule has 0 fully saturated rings. The number of thiazole rings is 1. The monoisotopic (exact) mass is 324 g/mol. The molecule has 0 unspecified atom stereocenters. The lowest BCUT2D eigenvalue weighted by molar-refractivity contribution is -0.493. The Morgan fingerprint density at radius 2 is 2.09 bits per heavy atom. The summed E-state index contributed by atoms with van der Waals surface area (Å²) in [6.07, 6.45) is 1.92. The van der Waals surface area contributed by atoms with E-state index in [-0.39, 0.29) is 5.76 Å². The molecule has 3 heterocycles. The van der Waals surface area contributed by atoms with Crippen molar-refractivity contribution < 1.29 is 18.3 Å². The third-order valence-corrected chi connectivity index (χ3v) is 4.55. The Balaban J connectivity index is 1.87. The highest BCUT2D eigenvalue weighted by Gasteiger charge is 2.20. The van der Waals surface area contributed by atoms with Gasteiger partial charge in [0, 0.05) is 17.0 Å². The number of ether oxygens (including phenoxy) is 1. The van der Waals surface area contributed by atoms with E-state index >= 15 is 0 Å². The maximum absolute atomic E-state index is 11.8. The molecule has 0 saturated heterocycles. The summed E-state index contributed by atoms with van der Waals surface area (Å²) >= 11 is 1.66. The summed E-state index contributed by atoms with van der Waals surface area (Å²) in [6.45, 7) is 2.11. The highest BCUT2D eigenvalue weighted by molar-refractivity contribution is 7.15. The fraction of sp³-hybridized carbons (Fsp3) is 0.111. The third-order valence-electron chi connectivity index (χ3n) is 3.65. The van der Waals surface area contributed by atoms with E-state index in [0.29, 0.717) is 12.2 Å².